The number of fused-ring (bicyclic) bond motifs is 2. The number of carbonyl (C=O) groups excluding carboxylic acids is 4. The number of nitrogens with zero attached hydrogens (tertiary/aromatic N) is 2. The number of alkyl halides is 3. The number of hydrogen-bond donors (Lipinski definition) is 3. The lowest BCUT2D eigenvalue weighted by molar-refractivity contribution is -0.140. The van der Waals surface area contributed by atoms with Crippen molar-refractivity contribution in [1.82, 2.24) is 19.9 Å². The molecular weight excluding hydrogens is 679 g/mol. The van der Waals surface area contributed by atoms with Gasteiger partial charge in [-0.25, -0.2) is 13.2 Å². The Balaban J connectivity index is 1.22. The first-order valence-corrected chi connectivity index (χ1v) is 18.1. The van der Waals surface area contributed by atoms with Crippen molar-refractivity contribution in [2.75, 3.05) is 18.9 Å². The van der Waals surface area contributed by atoms with Crippen molar-refractivity contribution >= 4 is 39.5 Å². The summed E-state index contributed by atoms with van der Waals surface area (Å²) in [5.74, 6) is -4.30. The number of rotatable bonds is 6. The van der Waals surface area contributed by atoms with E-state index in [1.165, 1.54) is 17.2 Å². The lowest BCUT2D eigenvalue weighted by Gasteiger charge is -2.26. The highest BCUT2D eigenvalue weighted by atomic mass is 32.2. The molecule has 268 valence electrons. The molecular formula is C34H38F3N5O7S. The van der Waals surface area contributed by atoms with Crippen LogP contribution in [0.15, 0.2) is 54.7 Å². The molecule has 50 heavy (non-hydrogen) atoms. The van der Waals surface area contributed by atoms with E-state index >= 15 is 0 Å². The second kappa shape index (κ2) is 13.7. The van der Waals surface area contributed by atoms with Crippen molar-refractivity contribution in [1.29, 1.82) is 0 Å². The van der Waals surface area contributed by atoms with Crippen LogP contribution in [0.1, 0.15) is 56.9 Å². The minimum absolute atomic E-state index is 0.0526. The highest BCUT2D eigenvalue weighted by Crippen LogP contribution is 2.47. The first kappa shape index (κ1) is 35.4. The van der Waals surface area contributed by atoms with E-state index in [0.717, 1.165) is 18.6 Å². The summed E-state index contributed by atoms with van der Waals surface area (Å²) in [6.07, 6.45) is 1.35. The van der Waals surface area contributed by atoms with Crippen molar-refractivity contribution in [3.05, 3.63) is 60.3 Å². The molecule has 4 aliphatic rings. The number of nitrogens with one attached hydrogen (secondary N) is 3. The van der Waals surface area contributed by atoms with Gasteiger partial charge in [0.25, 0.3) is 5.91 Å². The Morgan fingerprint density at radius 2 is 1.84 bits per heavy atom. The Morgan fingerprint density at radius 3 is 2.54 bits per heavy atom. The van der Waals surface area contributed by atoms with Gasteiger partial charge in [-0.3, -0.25) is 29.4 Å². The normalized spacial score (nSPS) is 28.0. The Bertz CT molecular complexity index is 1800. The summed E-state index contributed by atoms with van der Waals surface area (Å²) in [5.41, 5.74) is -2.20. The molecule has 3 N–H and O–H groups in total. The monoisotopic (exact) mass is 717 g/mol. The number of anilines is 1. The van der Waals surface area contributed by atoms with Gasteiger partial charge in [0.1, 0.15) is 11.6 Å². The molecule has 2 heterocycles. The number of halogens is 3. The molecule has 0 saturated heterocycles. The summed E-state index contributed by atoms with van der Waals surface area (Å²) in [6, 6.07) is 7.70. The third-order valence-electron chi connectivity index (χ3n) is 9.79. The Labute approximate surface area is 287 Å². The van der Waals surface area contributed by atoms with Crippen LogP contribution in [0.5, 0.6) is 0 Å². The smallest absolute Gasteiger partial charge is 0.416 e. The molecule has 5 unspecified atom stereocenters. The number of pyridine rings is 1. The largest absolute Gasteiger partial charge is 0.446 e. The standard InChI is InChI=1S/C34H38F3N5O7S/c1-42-15-7-3-2-4-8-21-19-33(21,31(45)41-50(47,48)23-11-12-23)40-29(43)25-17-22(18-26(25)30(42)44)49-32(46)39-28-16-20(34(35,36)37)10-13-24(28)27-9-5-6-14-38-27/h4-6,8-10,13-14,16,21-23,25-26H,2-3,7,11-12,15,17-19H2,1H3,(H,39,46)(H,40,43)(H,41,45)/b8-4-. The van der Waals surface area contributed by atoms with E-state index in [2.05, 4.69) is 20.3 Å². The van der Waals surface area contributed by atoms with Crippen LogP contribution >= 0.6 is 0 Å². The summed E-state index contributed by atoms with van der Waals surface area (Å²) in [4.78, 5) is 59.9. The molecule has 12 nitrogen and oxygen atoms in total. The minimum atomic E-state index is -4.69. The molecule has 0 spiro atoms. The van der Waals surface area contributed by atoms with Gasteiger partial charge < -0.3 is 15.0 Å². The molecule has 3 saturated carbocycles. The summed E-state index contributed by atoms with van der Waals surface area (Å²) >= 11 is 0. The maximum atomic E-state index is 13.9. The van der Waals surface area contributed by atoms with E-state index in [1.54, 1.807) is 31.3 Å². The summed E-state index contributed by atoms with van der Waals surface area (Å²) in [6.45, 7) is 0.421. The number of hydrogen-bond acceptors (Lipinski definition) is 8. The first-order valence-electron chi connectivity index (χ1n) is 16.6. The fourth-order valence-corrected chi connectivity index (χ4v) is 8.12. The Hall–Kier alpha value is -4.47. The van der Waals surface area contributed by atoms with Crippen molar-refractivity contribution in [2.24, 2.45) is 17.8 Å². The number of sulfonamides is 1. The molecule has 3 fully saturated rings. The third kappa shape index (κ3) is 7.64. The van der Waals surface area contributed by atoms with Gasteiger partial charge >= 0.3 is 12.3 Å². The molecule has 0 bridgehead atoms. The molecule has 1 aliphatic heterocycles. The Kier molecular flexibility index (Phi) is 9.68. The van der Waals surface area contributed by atoms with Gasteiger partial charge in [0.15, 0.2) is 0 Å². The van der Waals surface area contributed by atoms with Crippen LogP contribution in [0.4, 0.5) is 23.7 Å². The zero-order valence-corrected chi connectivity index (χ0v) is 28.1. The summed E-state index contributed by atoms with van der Waals surface area (Å²) in [5, 5.41) is 4.50. The first-order chi connectivity index (χ1) is 23.7. The molecule has 5 atom stereocenters. The van der Waals surface area contributed by atoms with E-state index < -0.39 is 74.3 Å². The number of ether oxygens (including phenoxy) is 1. The van der Waals surface area contributed by atoms with Crippen LogP contribution in [-0.4, -0.2) is 72.6 Å². The Morgan fingerprint density at radius 1 is 1.08 bits per heavy atom. The van der Waals surface area contributed by atoms with Gasteiger partial charge in [-0.2, -0.15) is 13.2 Å². The second-order valence-electron chi connectivity index (χ2n) is 13.4. The average Bonchev–Trinajstić information content (AvgIpc) is 3.99. The van der Waals surface area contributed by atoms with Crippen molar-refractivity contribution in [2.45, 2.75) is 74.4 Å². The van der Waals surface area contributed by atoms with E-state index in [0.29, 0.717) is 37.9 Å². The van der Waals surface area contributed by atoms with E-state index in [1.807, 2.05) is 6.08 Å². The third-order valence-corrected chi connectivity index (χ3v) is 11.6. The van der Waals surface area contributed by atoms with Gasteiger partial charge in [0.2, 0.25) is 21.8 Å². The van der Waals surface area contributed by atoms with Gasteiger partial charge in [-0.15, -0.1) is 0 Å². The van der Waals surface area contributed by atoms with Gasteiger partial charge in [-0.05, 0) is 75.6 Å². The molecule has 4 amide bonds. The SMILES string of the molecule is CN1CCCC/C=C\C2CC2(C(=O)NS(=O)(=O)C2CC2)NC(=O)C2CC(OC(=O)Nc3cc(C(F)(F)F)ccc3-c3ccccn3)CC2C1=O. The maximum absolute atomic E-state index is 13.9. The number of allylic oxidation sites excluding steroid dienone is 1. The lowest BCUT2D eigenvalue weighted by Crippen LogP contribution is -2.54. The van der Waals surface area contributed by atoms with Crippen molar-refractivity contribution in [3.8, 4) is 11.3 Å². The van der Waals surface area contributed by atoms with Crippen molar-refractivity contribution < 1.29 is 45.5 Å². The topological polar surface area (TPSA) is 164 Å². The molecule has 6 rings (SSSR count). The highest BCUT2D eigenvalue weighted by Gasteiger charge is 2.62. The van der Waals surface area contributed by atoms with Crippen LogP contribution < -0.4 is 15.4 Å². The fraction of sp³-hybridized carbons (Fsp3) is 0.500. The zero-order chi connectivity index (χ0) is 35.8. The fourth-order valence-electron chi connectivity index (χ4n) is 6.75. The van der Waals surface area contributed by atoms with E-state index in [9.17, 15) is 40.8 Å². The predicted molar refractivity (Wildman–Crippen MR) is 174 cm³/mol. The van der Waals surface area contributed by atoms with Crippen molar-refractivity contribution in [3.63, 3.8) is 0 Å². The summed E-state index contributed by atoms with van der Waals surface area (Å²) in [7, 11) is -2.29. The second-order valence-corrected chi connectivity index (χ2v) is 15.4. The zero-order valence-electron chi connectivity index (χ0n) is 27.2. The van der Waals surface area contributed by atoms with Crippen LogP contribution in [0.25, 0.3) is 11.3 Å². The van der Waals surface area contributed by atoms with Crippen LogP contribution in [0.3, 0.4) is 0 Å². The molecule has 1 aromatic carbocycles. The van der Waals surface area contributed by atoms with Gasteiger partial charge in [0.05, 0.1) is 34.0 Å². The number of carbonyl (C=O) groups is 4. The molecule has 3 aliphatic carbocycles. The van der Waals surface area contributed by atoms with E-state index in [-0.39, 0.29) is 36.4 Å². The minimum Gasteiger partial charge on any atom is -0.446 e. The van der Waals surface area contributed by atoms with Crippen LogP contribution in [-0.2, 0) is 35.3 Å². The predicted octanol–water partition coefficient (Wildman–Crippen LogP) is 4.39. The number of amides is 4. The summed E-state index contributed by atoms with van der Waals surface area (Å²) < 4.78 is 73.8. The van der Waals surface area contributed by atoms with Gasteiger partial charge in [-0.1, -0.05) is 24.3 Å². The van der Waals surface area contributed by atoms with Gasteiger partial charge in [0, 0.05) is 31.3 Å². The molecule has 16 heteroatoms. The van der Waals surface area contributed by atoms with Crippen LogP contribution in [0, 0.1) is 17.8 Å². The molecule has 2 aromatic rings. The lowest BCUT2D eigenvalue weighted by atomic mass is 9.93. The molecule has 0 radical (unpaired) electrons. The molecule has 1 aromatic heterocycles. The van der Waals surface area contributed by atoms with Crippen LogP contribution in [0.2, 0.25) is 0 Å². The average molecular weight is 718 g/mol. The maximum Gasteiger partial charge on any atom is 0.416 e. The highest BCUT2D eigenvalue weighted by molar-refractivity contribution is 7.91. The number of benzene rings is 1. The quantitative estimate of drug-likeness (QED) is 0.371. The van der Waals surface area contributed by atoms with E-state index in [4.69, 9.17) is 4.74 Å². The number of aromatic nitrogens is 1.